The fourth-order valence-electron chi connectivity index (χ4n) is 5.42. The van der Waals surface area contributed by atoms with Gasteiger partial charge in [0.15, 0.2) is 0 Å². The molecule has 2 aliphatic carbocycles. The molecule has 5 unspecified atom stereocenters. The topological polar surface area (TPSA) is 46.2 Å². The minimum Gasteiger partial charge on any atom is -0.208 e. The third kappa shape index (κ3) is 4.33. The highest BCUT2D eigenvalue weighted by atomic mass is 32.2. The van der Waals surface area contributed by atoms with E-state index in [4.69, 9.17) is 0 Å². The van der Waals surface area contributed by atoms with Crippen molar-refractivity contribution in [2.45, 2.75) is 83.6 Å². The third-order valence-corrected chi connectivity index (χ3v) is 8.53. The van der Waals surface area contributed by atoms with Crippen molar-refractivity contribution in [3.05, 3.63) is 29.8 Å². The van der Waals surface area contributed by atoms with Crippen LogP contribution < -0.4 is 4.72 Å². The van der Waals surface area contributed by atoms with Crippen LogP contribution in [0.5, 0.6) is 0 Å². The van der Waals surface area contributed by atoms with Crippen LogP contribution in [0.25, 0.3) is 0 Å². The predicted octanol–water partition coefficient (Wildman–Crippen LogP) is 5.29. The number of fused-ring (bicyclic) bond motifs is 2. The molecule has 0 heterocycles. The van der Waals surface area contributed by atoms with Crippen molar-refractivity contribution >= 4 is 10.0 Å². The molecule has 5 atom stereocenters. The van der Waals surface area contributed by atoms with Gasteiger partial charge in [0.25, 0.3) is 0 Å². The van der Waals surface area contributed by atoms with Gasteiger partial charge >= 0.3 is 0 Å². The first-order valence-electron chi connectivity index (χ1n) is 10.3. The van der Waals surface area contributed by atoms with Gasteiger partial charge in [-0.2, -0.15) is 0 Å². The molecular formula is C22H35NO2S. The average Bonchev–Trinajstić information content (AvgIpc) is 2.57. The lowest BCUT2D eigenvalue weighted by atomic mass is 9.58. The molecule has 26 heavy (non-hydrogen) atoms. The molecule has 0 amide bonds. The molecule has 0 aromatic heterocycles. The Balaban J connectivity index is 1.83. The lowest BCUT2D eigenvalue weighted by Gasteiger charge is -2.49. The minimum absolute atomic E-state index is 0.0237. The van der Waals surface area contributed by atoms with E-state index < -0.39 is 10.0 Å². The largest absolute Gasteiger partial charge is 0.240 e. The van der Waals surface area contributed by atoms with E-state index in [0.717, 1.165) is 30.2 Å². The Labute approximate surface area is 160 Å². The molecule has 3 rings (SSSR count). The molecule has 4 heteroatoms. The number of hydrogen-bond donors (Lipinski definition) is 1. The second kappa shape index (κ2) is 7.63. The van der Waals surface area contributed by atoms with E-state index in [-0.39, 0.29) is 11.5 Å². The molecule has 2 bridgehead atoms. The van der Waals surface area contributed by atoms with E-state index in [1.165, 1.54) is 32.1 Å². The number of benzene rings is 1. The van der Waals surface area contributed by atoms with Crippen molar-refractivity contribution in [2.75, 3.05) is 0 Å². The average molecular weight is 378 g/mol. The highest BCUT2D eigenvalue weighted by molar-refractivity contribution is 7.89. The molecule has 0 radical (unpaired) electrons. The van der Waals surface area contributed by atoms with Crippen LogP contribution in [-0.2, 0) is 10.0 Å². The zero-order valence-electron chi connectivity index (χ0n) is 16.8. The van der Waals surface area contributed by atoms with Gasteiger partial charge in [0, 0.05) is 6.04 Å². The Kier molecular flexibility index (Phi) is 5.83. The summed E-state index contributed by atoms with van der Waals surface area (Å²) in [5, 5.41) is 0. The standard InChI is InChI=1S/C22H35NO2S/c1-16-6-9-21(10-7-16)26(24,25)23-19(4)22-12-11-17(2)5-8-20(15-22)13-18(3)14-22/h6-7,9-10,17-20,23H,5,8,11-15H2,1-4H3. The molecular weight excluding hydrogens is 342 g/mol. The van der Waals surface area contributed by atoms with Gasteiger partial charge in [0.05, 0.1) is 4.90 Å². The van der Waals surface area contributed by atoms with Crippen LogP contribution in [0.2, 0.25) is 0 Å². The number of hydrogen-bond acceptors (Lipinski definition) is 2. The van der Waals surface area contributed by atoms with Gasteiger partial charge < -0.3 is 0 Å². The summed E-state index contributed by atoms with van der Waals surface area (Å²) in [5.74, 6) is 2.20. The summed E-state index contributed by atoms with van der Waals surface area (Å²) in [4.78, 5) is 0.381. The van der Waals surface area contributed by atoms with Gasteiger partial charge in [-0.1, -0.05) is 50.8 Å². The second-order valence-electron chi connectivity index (χ2n) is 9.35. The van der Waals surface area contributed by atoms with Crippen LogP contribution in [0, 0.1) is 30.1 Å². The summed E-state index contributed by atoms with van der Waals surface area (Å²) in [6.07, 6.45) is 8.64. The molecule has 146 valence electrons. The molecule has 3 nitrogen and oxygen atoms in total. The fourth-order valence-corrected chi connectivity index (χ4v) is 6.77. The van der Waals surface area contributed by atoms with Gasteiger partial charge in [-0.05, 0) is 74.8 Å². The Morgan fingerprint density at radius 2 is 1.73 bits per heavy atom. The zero-order valence-corrected chi connectivity index (χ0v) is 17.6. The first-order chi connectivity index (χ1) is 12.2. The van der Waals surface area contributed by atoms with E-state index in [1.807, 2.05) is 19.1 Å². The molecule has 0 saturated heterocycles. The minimum atomic E-state index is -3.47. The summed E-state index contributed by atoms with van der Waals surface area (Å²) >= 11 is 0. The fraction of sp³-hybridized carbons (Fsp3) is 0.727. The summed E-state index contributed by atoms with van der Waals surface area (Å²) in [7, 11) is -3.47. The van der Waals surface area contributed by atoms with E-state index in [0.29, 0.717) is 10.8 Å². The molecule has 1 aromatic carbocycles. The van der Waals surface area contributed by atoms with Crippen molar-refractivity contribution < 1.29 is 8.42 Å². The van der Waals surface area contributed by atoms with Crippen LogP contribution in [0.1, 0.15) is 71.3 Å². The quantitative estimate of drug-likeness (QED) is 0.774. The molecule has 2 fully saturated rings. The van der Waals surface area contributed by atoms with Crippen LogP contribution in [0.3, 0.4) is 0 Å². The monoisotopic (exact) mass is 377 g/mol. The van der Waals surface area contributed by atoms with Gasteiger partial charge in [0.2, 0.25) is 10.0 Å². The van der Waals surface area contributed by atoms with E-state index >= 15 is 0 Å². The SMILES string of the molecule is Cc1ccc(S(=O)(=O)NC(C)C23CCC(C)CCC(CC(C)C2)C3)cc1. The molecule has 1 N–H and O–H groups in total. The first-order valence-corrected chi connectivity index (χ1v) is 11.8. The molecule has 1 aromatic rings. The van der Waals surface area contributed by atoms with Crippen LogP contribution in [0.15, 0.2) is 29.2 Å². The van der Waals surface area contributed by atoms with E-state index in [9.17, 15) is 8.42 Å². The van der Waals surface area contributed by atoms with Crippen LogP contribution >= 0.6 is 0 Å². The highest BCUT2D eigenvalue weighted by Gasteiger charge is 2.45. The molecule has 2 saturated carbocycles. The van der Waals surface area contributed by atoms with Crippen LogP contribution in [0.4, 0.5) is 0 Å². The summed E-state index contributed by atoms with van der Waals surface area (Å²) in [5.41, 5.74) is 1.18. The first kappa shape index (κ1) is 19.9. The number of nitrogens with one attached hydrogen (secondary N) is 1. The van der Waals surface area contributed by atoms with E-state index in [2.05, 4.69) is 25.5 Å². The molecule has 0 spiro atoms. The summed E-state index contributed by atoms with van der Waals surface area (Å²) < 4.78 is 28.9. The Hall–Kier alpha value is -0.870. The van der Waals surface area contributed by atoms with Crippen LogP contribution in [-0.4, -0.2) is 14.5 Å². The summed E-state index contributed by atoms with van der Waals surface area (Å²) in [6, 6.07) is 7.15. The lowest BCUT2D eigenvalue weighted by Crippen LogP contribution is -2.50. The number of sulfonamides is 1. The van der Waals surface area contributed by atoms with Crippen molar-refractivity contribution in [3.8, 4) is 0 Å². The predicted molar refractivity (Wildman–Crippen MR) is 108 cm³/mol. The maximum absolute atomic E-state index is 12.9. The number of rotatable bonds is 4. The maximum Gasteiger partial charge on any atom is 0.240 e. The van der Waals surface area contributed by atoms with Gasteiger partial charge in [0.1, 0.15) is 0 Å². The van der Waals surface area contributed by atoms with E-state index in [1.54, 1.807) is 12.1 Å². The zero-order chi connectivity index (χ0) is 18.9. The highest BCUT2D eigenvalue weighted by Crippen LogP contribution is 2.51. The maximum atomic E-state index is 12.9. The van der Waals surface area contributed by atoms with Crippen molar-refractivity contribution in [2.24, 2.45) is 23.2 Å². The molecule has 0 aliphatic heterocycles. The normalized spacial score (nSPS) is 33.9. The van der Waals surface area contributed by atoms with Crippen molar-refractivity contribution in [3.63, 3.8) is 0 Å². The Bertz CT molecular complexity index is 712. The van der Waals surface area contributed by atoms with Gasteiger partial charge in [-0.15, -0.1) is 0 Å². The van der Waals surface area contributed by atoms with Gasteiger partial charge in [-0.25, -0.2) is 13.1 Å². The summed E-state index contributed by atoms with van der Waals surface area (Å²) in [6.45, 7) is 8.80. The number of aryl methyl sites for hydroxylation is 1. The lowest BCUT2D eigenvalue weighted by molar-refractivity contribution is 0.0362. The third-order valence-electron chi connectivity index (χ3n) is 6.97. The Morgan fingerprint density at radius 1 is 1.04 bits per heavy atom. The second-order valence-corrected chi connectivity index (χ2v) is 11.1. The smallest absolute Gasteiger partial charge is 0.208 e. The van der Waals surface area contributed by atoms with Crippen molar-refractivity contribution in [1.82, 2.24) is 4.72 Å². The Morgan fingerprint density at radius 3 is 2.42 bits per heavy atom. The van der Waals surface area contributed by atoms with Crippen molar-refractivity contribution in [1.29, 1.82) is 0 Å². The molecule has 2 aliphatic rings. The van der Waals surface area contributed by atoms with Gasteiger partial charge in [-0.3, -0.25) is 0 Å².